The number of urea groups is 1. The number of pyridine rings is 2. The van der Waals surface area contributed by atoms with Gasteiger partial charge in [0.1, 0.15) is 17.6 Å². The summed E-state index contributed by atoms with van der Waals surface area (Å²) in [6.07, 6.45) is -3.18. The molecule has 1 fully saturated rings. The lowest BCUT2D eigenvalue weighted by Gasteiger charge is -2.35. The van der Waals surface area contributed by atoms with Crippen LogP contribution >= 0.6 is 0 Å². The van der Waals surface area contributed by atoms with Crippen LogP contribution in [0.15, 0.2) is 36.5 Å². The largest absolute Gasteiger partial charge is 0.408 e. The molecule has 2 atom stereocenters. The molecule has 2 bridgehead atoms. The molecule has 0 aliphatic carbocycles. The Morgan fingerprint density at radius 3 is 2.75 bits per heavy atom. The van der Waals surface area contributed by atoms with Gasteiger partial charge in [-0.05, 0) is 37.1 Å². The molecular weight excluding hydrogens is 429 g/mol. The molecule has 12 heteroatoms. The van der Waals surface area contributed by atoms with Crippen LogP contribution in [0.5, 0.6) is 0 Å². The second-order valence-electron chi connectivity index (χ2n) is 7.52. The van der Waals surface area contributed by atoms with Gasteiger partial charge in [-0.2, -0.15) is 13.2 Å². The topological polar surface area (TPSA) is 111 Å². The highest BCUT2D eigenvalue weighted by Gasteiger charge is 2.42. The van der Waals surface area contributed by atoms with Crippen LogP contribution in [0.25, 0.3) is 0 Å². The van der Waals surface area contributed by atoms with Gasteiger partial charge in [0, 0.05) is 25.9 Å². The van der Waals surface area contributed by atoms with Gasteiger partial charge in [0.05, 0.1) is 11.7 Å². The maximum Gasteiger partial charge on any atom is 0.408 e. The van der Waals surface area contributed by atoms with Crippen LogP contribution in [-0.4, -0.2) is 65.0 Å². The molecule has 2 aromatic rings. The number of hydrogen-bond acceptors (Lipinski definition) is 6. The Hall–Kier alpha value is -3.41. The number of halogens is 3. The number of hydrogen-bond donors (Lipinski definition) is 3. The molecule has 0 spiro atoms. The van der Waals surface area contributed by atoms with E-state index in [1.165, 1.54) is 17.2 Å². The van der Waals surface area contributed by atoms with Crippen LogP contribution in [-0.2, 0) is 0 Å². The van der Waals surface area contributed by atoms with E-state index in [1.807, 2.05) is 10.2 Å². The highest BCUT2D eigenvalue weighted by Crippen LogP contribution is 2.39. The third kappa shape index (κ3) is 4.31. The molecule has 4 rings (SSSR count). The molecule has 2 aliphatic rings. The van der Waals surface area contributed by atoms with Gasteiger partial charge >= 0.3 is 12.2 Å². The molecule has 3 N–H and O–H groups in total. The van der Waals surface area contributed by atoms with E-state index in [1.54, 1.807) is 24.3 Å². The van der Waals surface area contributed by atoms with Crippen LogP contribution in [0.4, 0.5) is 35.3 Å². The standard InChI is InChI=1S/C20H21F3N6O3/c21-20(22,23)15(7-10-30)26-18(31)13-4-5-14-17(25-13)29(12-6-9-28(14)11-12)19(32)27-16-3-1-2-8-24-16/h1-5,8,12,15,30H,6-7,9-11H2,(H,26,31)(H,24,27,32)/t12-,15-/m0/s1. The van der Waals surface area contributed by atoms with E-state index >= 15 is 0 Å². The normalized spacial score (nSPS) is 18.2. The summed E-state index contributed by atoms with van der Waals surface area (Å²) < 4.78 is 39.4. The molecule has 2 aliphatic heterocycles. The first-order chi connectivity index (χ1) is 15.3. The number of aliphatic hydroxyl groups excluding tert-OH is 1. The molecule has 3 amide bonds. The smallest absolute Gasteiger partial charge is 0.396 e. The van der Waals surface area contributed by atoms with Gasteiger partial charge < -0.3 is 15.3 Å². The van der Waals surface area contributed by atoms with Crippen molar-refractivity contribution in [2.24, 2.45) is 0 Å². The predicted molar refractivity (Wildman–Crippen MR) is 110 cm³/mol. The van der Waals surface area contributed by atoms with Crippen molar-refractivity contribution in [2.45, 2.75) is 31.1 Å². The first-order valence-electron chi connectivity index (χ1n) is 10.0. The second-order valence-corrected chi connectivity index (χ2v) is 7.52. The molecule has 9 nitrogen and oxygen atoms in total. The van der Waals surface area contributed by atoms with Crippen molar-refractivity contribution in [3.63, 3.8) is 0 Å². The van der Waals surface area contributed by atoms with Gasteiger partial charge in [0.25, 0.3) is 5.91 Å². The van der Waals surface area contributed by atoms with E-state index in [9.17, 15) is 22.8 Å². The van der Waals surface area contributed by atoms with Crippen molar-refractivity contribution < 1.29 is 27.9 Å². The average molecular weight is 450 g/mol. The minimum Gasteiger partial charge on any atom is -0.396 e. The first-order valence-corrected chi connectivity index (χ1v) is 10.0. The van der Waals surface area contributed by atoms with Crippen molar-refractivity contribution in [2.75, 3.05) is 34.8 Å². The number of anilines is 3. The van der Waals surface area contributed by atoms with Crippen LogP contribution < -0.4 is 20.4 Å². The van der Waals surface area contributed by atoms with Gasteiger partial charge in [-0.15, -0.1) is 0 Å². The van der Waals surface area contributed by atoms with E-state index in [0.29, 0.717) is 31.0 Å². The van der Waals surface area contributed by atoms with Crippen LogP contribution in [0.1, 0.15) is 23.3 Å². The van der Waals surface area contributed by atoms with Crippen molar-refractivity contribution in [3.8, 4) is 0 Å². The SMILES string of the molecule is O=C(N[C@@H](CCO)C(F)(F)F)c1ccc2c(n1)N(C(=O)Nc1ccccn1)[C@H]1CCN2C1. The van der Waals surface area contributed by atoms with E-state index in [0.717, 1.165) is 0 Å². The van der Waals surface area contributed by atoms with E-state index < -0.39 is 37.2 Å². The van der Waals surface area contributed by atoms with E-state index in [4.69, 9.17) is 5.11 Å². The molecular formula is C20H21F3N6O3. The Kier molecular flexibility index (Phi) is 5.87. The maximum atomic E-state index is 13.1. The molecule has 170 valence electrons. The maximum absolute atomic E-state index is 13.1. The van der Waals surface area contributed by atoms with E-state index in [2.05, 4.69) is 15.3 Å². The Balaban J connectivity index is 1.62. The lowest BCUT2D eigenvalue weighted by Crippen LogP contribution is -2.49. The Morgan fingerprint density at radius 2 is 2.06 bits per heavy atom. The lowest BCUT2D eigenvalue weighted by atomic mass is 10.1. The van der Waals surface area contributed by atoms with Crippen molar-refractivity contribution in [1.82, 2.24) is 15.3 Å². The number of aliphatic hydroxyl groups is 1. The van der Waals surface area contributed by atoms with Crippen LogP contribution in [0.2, 0.25) is 0 Å². The number of aromatic nitrogens is 2. The highest BCUT2D eigenvalue weighted by molar-refractivity contribution is 6.05. The zero-order valence-electron chi connectivity index (χ0n) is 16.8. The lowest BCUT2D eigenvalue weighted by molar-refractivity contribution is -0.156. The minimum absolute atomic E-state index is 0.200. The van der Waals surface area contributed by atoms with E-state index in [-0.39, 0.29) is 17.6 Å². The number of carbonyl (C=O) groups excluding carboxylic acids is 2. The van der Waals surface area contributed by atoms with Crippen molar-refractivity contribution in [1.29, 1.82) is 0 Å². The zero-order chi connectivity index (χ0) is 22.9. The number of rotatable bonds is 5. The molecule has 0 aromatic carbocycles. The summed E-state index contributed by atoms with van der Waals surface area (Å²) in [4.78, 5) is 37.3. The van der Waals surface area contributed by atoms with Crippen molar-refractivity contribution >= 4 is 29.3 Å². The van der Waals surface area contributed by atoms with Gasteiger partial charge in [0.15, 0.2) is 5.82 Å². The summed E-state index contributed by atoms with van der Waals surface area (Å²) in [6.45, 7) is 0.535. The van der Waals surface area contributed by atoms with Crippen LogP contribution in [0, 0.1) is 0 Å². The summed E-state index contributed by atoms with van der Waals surface area (Å²) in [7, 11) is 0. The van der Waals surface area contributed by atoms with Gasteiger partial charge in [-0.25, -0.2) is 14.8 Å². The predicted octanol–water partition coefficient (Wildman–Crippen LogP) is 2.15. The fourth-order valence-corrected chi connectivity index (χ4v) is 3.88. The first kappa shape index (κ1) is 21.8. The quantitative estimate of drug-likeness (QED) is 0.644. The molecule has 4 heterocycles. The fourth-order valence-electron chi connectivity index (χ4n) is 3.88. The zero-order valence-corrected chi connectivity index (χ0v) is 16.8. The number of amides is 3. The molecule has 2 aromatic heterocycles. The average Bonchev–Trinajstić information content (AvgIpc) is 3.17. The number of nitrogens with zero attached hydrogens (tertiary/aromatic N) is 4. The number of carbonyl (C=O) groups is 2. The number of fused-ring (bicyclic) bond motifs is 4. The third-order valence-corrected chi connectivity index (χ3v) is 5.42. The third-order valence-electron chi connectivity index (χ3n) is 5.42. The molecule has 32 heavy (non-hydrogen) atoms. The monoisotopic (exact) mass is 450 g/mol. The molecule has 0 saturated carbocycles. The second kappa shape index (κ2) is 8.61. The molecule has 0 radical (unpaired) electrons. The van der Waals surface area contributed by atoms with Gasteiger partial charge in [-0.1, -0.05) is 6.07 Å². The summed E-state index contributed by atoms with van der Waals surface area (Å²) in [6, 6.07) is 5.06. The Bertz CT molecular complexity index is 1000. The Labute approximate surface area is 181 Å². The summed E-state index contributed by atoms with van der Waals surface area (Å²) >= 11 is 0. The van der Waals surface area contributed by atoms with Gasteiger partial charge in [0.2, 0.25) is 0 Å². The van der Waals surface area contributed by atoms with Crippen molar-refractivity contribution in [3.05, 3.63) is 42.2 Å². The molecule has 1 saturated heterocycles. The summed E-state index contributed by atoms with van der Waals surface area (Å²) in [5, 5.41) is 13.5. The summed E-state index contributed by atoms with van der Waals surface area (Å²) in [5.74, 6) is -0.502. The fraction of sp³-hybridized carbons (Fsp3) is 0.400. The summed E-state index contributed by atoms with van der Waals surface area (Å²) in [5.41, 5.74) is 0.364. The Morgan fingerprint density at radius 1 is 1.25 bits per heavy atom. The number of nitrogens with one attached hydrogen (secondary N) is 2. The highest BCUT2D eigenvalue weighted by atomic mass is 19.4. The minimum atomic E-state index is -4.72. The number of alkyl halides is 3. The van der Waals surface area contributed by atoms with Crippen LogP contribution in [0.3, 0.4) is 0 Å². The molecule has 0 unspecified atom stereocenters. The van der Waals surface area contributed by atoms with Gasteiger partial charge in [-0.3, -0.25) is 15.0 Å².